The number of benzene rings is 2. The highest BCUT2D eigenvalue weighted by Crippen LogP contribution is 2.38. The van der Waals surface area contributed by atoms with E-state index in [4.69, 9.17) is 21.3 Å². The molecule has 3 atom stereocenters. The van der Waals surface area contributed by atoms with E-state index in [1.54, 1.807) is 36.5 Å². The predicted molar refractivity (Wildman–Crippen MR) is 151 cm³/mol. The van der Waals surface area contributed by atoms with Crippen molar-refractivity contribution in [2.75, 3.05) is 7.11 Å². The van der Waals surface area contributed by atoms with Crippen molar-refractivity contribution in [2.45, 2.75) is 37.5 Å². The van der Waals surface area contributed by atoms with Gasteiger partial charge in [0, 0.05) is 10.6 Å². The lowest BCUT2D eigenvalue weighted by Crippen LogP contribution is -2.49. The van der Waals surface area contributed by atoms with Gasteiger partial charge in [-0.1, -0.05) is 23.7 Å². The summed E-state index contributed by atoms with van der Waals surface area (Å²) in [5, 5.41) is 31.8. The molecule has 0 radical (unpaired) electrons. The van der Waals surface area contributed by atoms with Crippen LogP contribution in [-0.2, 0) is 0 Å². The first-order valence-corrected chi connectivity index (χ1v) is 13.4. The number of aromatic nitrogens is 6. The van der Waals surface area contributed by atoms with Crippen LogP contribution in [-0.4, -0.2) is 60.0 Å². The van der Waals surface area contributed by atoms with Gasteiger partial charge in [-0.15, -0.1) is 0 Å². The fraction of sp³-hybridized carbons (Fsp3) is 0.241. The highest BCUT2D eigenvalue weighted by molar-refractivity contribution is 6.31. The largest absolute Gasteiger partial charge is 0.496 e. The topological polar surface area (TPSA) is 155 Å². The van der Waals surface area contributed by atoms with Gasteiger partial charge in [0.2, 0.25) is 0 Å². The molecule has 0 unspecified atom stereocenters. The van der Waals surface area contributed by atoms with E-state index in [1.807, 2.05) is 22.8 Å². The number of methoxy groups -OCH3 is 1. The molecule has 12 heteroatoms. The Hall–Kier alpha value is -4.79. The van der Waals surface area contributed by atoms with E-state index in [0.29, 0.717) is 63.1 Å². The molecule has 1 amide bonds. The van der Waals surface area contributed by atoms with Crippen molar-refractivity contribution >= 4 is 28.5 Å². The molecular formula is C29H25ClN8O3. The molecule has 1 aliphatic rings. The second-order valence-electron chi connectivity index (χ2n) is 9.77. The molecule has 6 rings (SSSR count). The molecule has 206 valence electrons. The molecule has 41 heavy (non-hydrogen) atoms. The summed E-state index contributed by atoms with van der Waals surface area (Å²) < 4.78 is 7.31. The lowest BCUT2D eigenvalue weighted by atomic mass is 9.87. The Bertz CT molecular complexity index is 1780. The summed E-state index contributed by atoms with van der Waals surface area (Å²) >= 11 is 6.15. The zero-order valence-corrected chi connectivity index (χ0v) is 22.7. The lowest BCUT2D eigenvalue weighted by Gasteiger charge is -2.37. The fourth-order valence-electron chi connectivity index (χ4n) is 5.46. The molecule has 5 aromatic rings. The summed E-state index contributed by atoms with van der Waals surface area (Å²) in [6, 6.07) is 15.1. The van der Waals surface area contributed by atoms with E-state index in [2.05, 4.69) is 31.6 Å². The number of pyridine rings is 1. The smallest absolute Gasteiger partial charge is 0.255 e. The number of hydrogen-bond acceptors (Lipinski definition) is 8. The lowest BCUT2D eigenvalue weighted by molar-refractivity contribution is 0.0417. The van der Waals surface area contributed by atoms with E-state index in [1.165, 1.54) is 13.4 Å². The number of fused-ring (bicyclic) bond motifs is 1. The number of halogens is 1. The minimum atomic E-state index is -0.967. The number of nitrogens with zero attached hydrogens (tertiary/aromatic N) is 6. The first-order chi connectivity index (χ1) is 20.0. The molecular weight excluding hydrogens is 544 g/mol. The summed E-state index contributed by atoms with van der Waals surface area (Å²) in [6.07, 6.45) is 4.01. The predicted octanol–water partition coefficient (Wildman–Crippen LogP) is 4.30. The Balaban J connectivity index is 1.43. The van der Waals surface area contributed by atoms with E-state index < -0.39 is 24.1 Å². The number of nitriles is 1. The Morgan fingerprint density at radius 2 is 2.07 bits per heavy atom. The molecule has 3 aromatic heterocycles. The monoisotopic (exact) mass is 568 g/mol. The average Bonchev–Trinajstić information content (AvgIpc) is 3.66. The third-order valence-corrected chi connectivity index (χ3v) is 7.63. The standard InChI is InChI=1S/C29H25ClN8O3/c1-41-25-10-9-17(30)11-19(25)29(40)36-20-7-4-8-23(26(20)39)38-24-12-21(27-33-15-34-37-27)32-14-22(24)35-28(38)18-6-3-2-5-16(18)13-31/h2-3,5-6,9-12,14-15,20,23,26,39H,4,7-8H2,1H3,(H,36,40)(H,33,34,37)/t20-,23+,26+/m0/s1. The van der Waals surface area contributed by atoms with Gasteiger partial charge in [0.1, 0.15) is 29.1 Å². The Morgan fingerprint density at radius 3 is 2.85 bits per heavy atom. The molecule has 0 saturated heterocycles. The van der Waals surface area contributed by atoms with Gasteiger partial charge in [-0.2, -0.15) is 10.4 Å². The van der Waals surface area contributed by atoms with E-state index >= 15 is 0 Å². The second-order valence-corrected chi connectivity index (χ2v) is 10.2. The molecule has 1 saturated carbocycles. The maximum absolute atomic E-state index is 13.3. The van der Waals surface area contributed by atoms with E-state index in [0.717, 1.165) is 6.42 Å². The fourth-order valence-corrected chi connectivity index (χ4v) is 5.63. The molecule has 0 aliphatic heterocycles. The minimum absolute atomic E-state index is 0.286. The first kappa shape index (κ1) is 26.4. The number of nitrogens with one attached hydrogen (secondary N) is 2. The number of carbonyl (C=O) groups is 1. The minimum Gasteiger partial charge on any atom is -0.496 e. The van der Waals surface area contributed by atoms with E-state index in [-0.39, 0.29) is 5.56 Å². The second kappa shape index (κ2) is 11.0. The highest BCUT2D eigenvalue weighted by Gasteiger charge is 2.37. The molecule has 0 bridgehead atoms. The van der Waals surface area contributed by atoms with Crippen LogP contribution in [0.4, 0.5) is 0 Å². The van der Waals surface area contributed by atoms with Crippen molar-refractivity contribution in [2.24, 2.45) is 0 Å². The molecule has 1 fully saturated rings. The maximum Gasteiger partial charge on any atom is 0.255 e. The Labute approximate surface area is 239 Å². The van der Waals surface area contributed by atoms with Crippen LogP contribution in [0.3, 0.4) is 0 Å². The summed E-state index contributed by atoms with van der Waals surface area (Å²) in [5.41, 5.74) is 3.23. The van der Waals surface area contributed by atoms with Gasteiger partial charge in [-0.3, -0.25) is 14.9 Å². The summed E-state index contributed by atoms with van der Waals surface area (Å²) in [5.74, 6) is 1.01. The zero-order valence-electron chi connectivity index (χ0n) is 22.0. The number of imidazole rings is 1. The van der Waals surface area contributed by atoms with Crippen molar-refractivity contribution in [3.05, 3.63) is 77.2 Å². The highest BCUT2D eigenvalue weighted by atomic mass is 35.5. The Morgan fingerprint density at radius 1 is 1.22 bits per heavy atom. The number of aliphatic hydroxyl groups is 1. The number of aromatic amines is 1. The van der Waals surface area contributed by atoms with Crippen LogP contribution in [0.5, 0.6) is 5.75 Å². The van der Waals surface area contributed by atoms with Crippen molar-refractivity contribution in [1.82, 2.24) is 35.0 Å². The summed E-state index contributed by atoms with van der Waals surface area (Å²) in [4.78, 5) is 26.9. The molecule has 1 aliphatic carbocycles. The number of rotatable bonds is 6. The third kappa shape index (κ3) is 4.88. The number of carbonyl (C=O) groups excluding carboxylic acids is 1. The first-order valence-electron chi connectivity index (χ1n) is 13.0. The van der Waals surface area contributed by atoms with Gasteiger partial charge in [0.15, 0.2) is 5.82 Å². The van der Waals surface area contributed by atoms with Gasteiger partial charge in [0.05, 0.1) is 54.2 Å². The van der Waals surface area contributed by atoms with Gasteiger partial charge >= 0.3 is 0 Å². The van der Waals surface area contributed by atoms with Gasteiger partial charge in [-0.05, 0) is 55.7 Å². The molecule has 11 nitrogen and oxygen atoms in total. The van der Waals surface area contributed by atoms with Crippen molar-refractivity contribution in [1.29, 1.82) is 5.26 Å². The quantitative estimate of drug-likeness (QED) is 0.274. The third-order valence-electron chi connectivity index (χ3n) is 7.40. The van der Waals surface area contributed by atoms with E-state index in [9.17, 15) is 15.2 Å². The molecule has 2 aromatic carbocycles. The number of amides is 1. The van der Waals surface area contributed by atoms with Crippen molar-refractivity contribution in [3.8, 4) is 34.7 Å². The van der Waals surface area contributed by atoms with Crippen LogP contribution in [0.2, 0.25) is 5.02 Å². The van der Waals surface area contributed by atoms with Gasteiger partial charge in [-0.25, -0.2) is 9.97 Å². The SMILES string of the molecule is COc1ccc(Cl)cc1C(=O)N[C@H]1CCC[C@@H](n2c(-c3ccccc3C#N)nc3cnc(-c4ncn[nH]4)cc32)[C@@H]1O. The van der Waals surface area contributed by atoms with Gasteiger partial charge in [0.25, 0.3) is 5.91 Å². The van der Waals surface area contributed by atoms with Crippen LogP contribution >= 0.6 is 11.6 Å². The van der Waals surface area contributed by atoms with Crippen LogP contribution < -0.4 is 10.1 Å². The van der Waals surface area contributed by atoms with Crippen LogP contribution in [0.1, 0.15) is 41.2 Å². The summed E-state index contributed by atoms with van der Waals surface area (Å²) in [6.45, 7) is 0. The summed E-state index contributed by atoms with van der Waals surface area (Å²) in [7, 11) is 1.48. The van der Waals surface area contributed by atoms with Crippen LogP contribution in [0.15, 0.2) is 61.1 Å². The van der Waals surface area contributed by atoms with Crippen molar-refractivity contribution < 1.29 is 14.6 Å². The van der Waals surface area contributed by atoms with Crippen molar-refractivity contribution in [3.63, 3.8) is 0 Å². The number of aliphatic hydroxyl groups excluding tert-OH is 1. The zero-order chi connectivity index (χ0) is 28.5. The molecule has 3 heterocycles. The Kier molecular flexibility index (Phi) is 7.09. The number of ether oxygens (including phenoxy) is 1. The van der Waals surface area contributed by atoms with Crippen LogP contribution in [0.25, 0.3) is 33.9 Å². The molecule has 3 N–H and O–H groups in total. The molecule has 0 spiro atoms. The maximum atomic E-state index is 13.3. The average molecular weight is 569 g/mol. The normalized spacial score (nSPS) is 18.6. The van der Waals surface area contributed by atoms with Crippen LogP contribution in [0, 0.1) is 11.3 Å². The number of H-pyrrole nitrogens is 1. The number of hydrogen-bond donors (Lipinski definition) is 3. The van der Waals surface area contributed by atoms with Gasteiger partial charge < -0.3 is 19.7 Å².